The van der Waals surface area contributed by atoms with Crippen LogP contribution in [0.1, 0.15) is 0 Å². The SMILES string of the molecule is COc1cccc(OCCOCCN2CCN(C)CC2)c1. The predicted octanol–water partition coefficient (Wildman–Crippen LogP) is 1.34. The summed E-state index contributed by atoms with van der Waals surface area (Å²) >= 11 is 0. The maximum absolute atomic E-state index is 5.63. The normalized spacial score (nSPS) is 16.9. The van der Waals surface area contributed by atoms with E-state index in [9.17, 15) is 0 Å². The Labute approximate surface area is 127 Å². The zero-order valence-electron chi connectivity index (χ0n) is 13.1. The number of nitrogens with zero attached hydrogens (tertiary/aromatic N) is 2. The van der Waals surface area contributed by atoms with Crippen LogP contribution in [0.15, 0.2) is 24.3 Å². The van der Waals surface area contributed by atoms with Gasteiger partial charge in [0.15, 0.2) is 0 Å². The van der Waals surface area contributed by atoms with E-state index in [2.05, 4.69) is 16.8 Å². The fourth-order valence-corrected chi connectivity index (χ4v) is 2.28. The van der Waals surface area contributed by atoms with Gasteiger partial charge in [-0.15, -0.1) is 0 Å². The molecule has 0 amide bonds. The molecule has 0 aromatic heterocycles. The lowest BCUT2D eigenvalue weighted by atomic mass is 10.3. The quantitative estimate of drug-likeness (QED) is 0.676. The molecule has 0 radical (unpaired) electrons. The molecule has 1 aromatic carbocycles. The third kappa shape index (κ3) is 5.91. The first kappa shape index (κ1) is 16.1. The number of ether oxygens (including phenoxy) is 3. The molecular formula is C16H26N2O3. The summed E-state index contributed by atoms with van der Waals surface area (Å²) in [5, 5.41) is 0. The molecule has 2 rings (SSSR count). The minimum atomic E-state index is 0.565. The van der Waals surface area contributed by atoms with Gasteiger partial charge in [0.2, 0.25) is 0 Å². The van der Waals surface area contributed by atoms with Gasteiger partial charge in [-0.05, 0) is 19.2 Å². The van der Waals surface area contributed by atoms with Gasteiger partial charge in [-0.3, -0.25) is 4.90 Å². The number of benzene rings is 1. The van der Waals surface area contributed by atoms with Crippen LogP contribution < -0.4 is 9.47 Å². The molecule has 0 aliphatic carbocycles. The number of piperazine rings is 1. The Bertz CT molecular complexity index is 406. The van der Waals surface area contributed by atoms with E-state index < -0.39 is 0 Å². The Balaban J connectivity index is 1.52. The molecule has 0 atom stereocenters. The van der Waals surface area contributed by atoms with Gasteiger partial charge in [0, 0.05) is 38.8 Å². The second-order valence-electron chi connectivity index (χ2n) is 5.28. The van der Waals surface area contributed by atoms with Gasteiger partial charge in [-0.2, -0.15) is 0 Å². The molecule has 1 saturated heterocycles. The topological polar surface area (TPSA) is 34.2 Å². The summed E-state index contributed by atoms with van der Waals surface area (Å²) in [6.07, 6.45) is 0. The highest BCUT2D eigenvalue weighted by Crippen LogP contribution is 2.18. The Hall–Kier alpha value is -1.30. The van der Waals surface area contributed by atoms with Crippen molar-refractivity contribution in [1.82, 2.24) is 9.80 Å². The minimum Gasteiger partial charge on any atom is -0.497 e. The van der Waals surface area contributed by atoms with Gasteiger partial charge in [0.1, 0.15) is 18.1 Å². The van der Waals surface area contributed by atoms with E-state index in [1.165, 1.54) is 0 Å². The average molecular weight is 294 g/mol. The number of methoxy groups -OCH3 is 1. The average Bonchev–Trinajstić information content (AvgIpc) is 2.52. The van der Waals surface area contributed by atoms with Gasteiger partial charge in [0.05, 0.1) is 20.3 Å². The molecule has 1 heterocycles. The third-order valence-corrected chi connectivity index (χ3v) is 3.69. The van der Waals surface area contributed by atoms with Crippen LogP contribution in [0.2, 0.25) is 0 Å². The molecule has 0 unspecified atom stereocenters. The van der Waals surface area contributed by atoms with Crippen LogP contribution in [-0.4, -0.2) is 76.5 Å². The Morgan fingerprint density at radius 3 is 2.52 bits per heavy atom. The van der Waals surface area contributed by atoms with Crippen molar-refractivity contribution < 1.29 is 14.2 Å². The highest BCUT2D eigenvalue weighted by atomic mass is 16.5. The van der Waals surface area contributed by atoms with Crippen molar-refractivity contribution in [2.24, 2.45) is 0 Å². The summed E-state index contributed by atoms with van der Waals surface area (Å²) in [5.41, 5.74) is 0. The van der Waals surface area contributed by atoms with Gasteiger partial charge >= 0.3 is 0 Å². The van der Waals surface area contributed by atoms with Crippen molar-refractivity contribution in [2.75, 3.05) is 66.7 Å². The molecule has 5 heteroatoms. The molecule has 1 aromatic rings. The van der Waals surface area contributed by atoms with Crippen molar-refractivity contribution in [3.63, 3.8) is 0 Å². The molecule has 5 nitrogen and oxygen atoms in total. The van der Waals surface area contributed by atoms with E-state index in [4.69, 9.17) is 14.2 Å². The molecular weight excluding hydrogens is 268 g/mol. The smallest absolute Gasteiger partial charge is 0.123 e. The standard InChI is InChI=1S/C16H26N2O3/c1-17-6-8-18(9-7-17)10-11-20-12-13-21-16-5-3-4-15(14-16)19-2/h3-5,14H,6-13H2,1-2H3. The Morgan fingerprint density at radius 1 is 1.00 bits per heavy atom. The van der Waals surface area contributed by atoms with E-state index >= 15 is 0 Å². The van der Waals surface area contributed by atoms with E-state index in [1.807, 2.05) is 24.3 Å². The first-order valence-corrected chi connectivity index (χ1v) is 7.53. The van der Waals surface area contributed by atoms with Crippen molar-refractivity contribution in [3.8, 4) is 11.5 Å². The predicted molar refractivity (Wildman–Crippen MR) is 83.2 cm³/mol. The van der Waals surface area contributed by atoms with Gasteiger partial charge in [-0.1, -0.05) is 6.07 Å². The molecule has 1 aliphatic heterocycles. The Kier molecular flexibility index (Phi) is 6.79. The number of hydrogen-bond donors (Lipinski definition) is 0. The summed E-state index contributed by atoms with van der Waals surface area (Å²) in [5.74, 6) is 1.63. The fourth-order valence-electron chi connectivity index (χ4n) is 2.28. The van der Waals surface area contributed by atoms with E-state index in [-0.39, 0.29) is 0 Å². The second-order valence-corrected chi connectivity index (χ2v) is 5.28. The van der Waals surface area contributed by atoms with Crippen molar-refractivity contribution in [2.45, 2.75) is 0 Å². The summed E-state index contributed by atoms with van der Waals surface area (Å²) in [6.45, 7) is 7.54. The lowest BCUT2D eigenvalue weighted by molar-refractivity contribution is 0.0657. The minimum absolute atomic E-state index is 0.565. The van der Waals surface area contributed by atoms with Crippen LogP contribution in [0, 0.1) is 0 Å². The lowest BCUT2D eigenvalue weighted by Gasteiger charge is -2.32. The van der Waals surface area contributed by atoms with E-state index in [1.54, 1.807) is 7.11 Å². The van der Waals surface area contributed by atoms with E-state index in [0.717, 1.165) is 50.8 Å². The molecule has 21 heavy (non-hydrogen) atoms. The molecule has 1 aliphatic rings. The summed E-state index contributed by atoms with van der Waals surface area (Å²) in [7, 11) is 3.82. The summed E-state index contributed by atoms with van der Waals surface area (Å²) in [6, 6.07) is 7.62. The fraction of sp³-hybridized carbons (Fsp3) is 0.625. The van der Waals surface area contributed by atoms with Crippen LogP contribution in [0.5, 0.6) is 11.5 Å². The van der Waals surface area contributed by atoms with Crippen molar-refractivity contribution >= 4 is 0 Å². The number of likely N-dealkylation sites (N-methyl/N-ethyl adjacent to an activating group) is 1. The maximum atomic E-state index is 5.63. The largest absolute Gasteiger partial charge is 0.497 e. The number of rotatable bonds is 8. The molecule has 1 fully saturated rings. The van der Waals surface area contributed by atoms with Crippen molar-refractivity contribution in [1.29, 1.82) is 0 Å². The van der Waals surface area contributed by atoms with Crippen LogP contribution in [0.25, 0.3) is 0 Å². The van der Waals surface area contributed by atoms with Crippen LogP contribution in [-0.2, 0) is 4.74 Å². The number of hydrogen-bond acceptors (Lipinski definition) is 5. The summed E-state index contributed by atoms with van der Waals surface area (Å²) < 4.78 is 16.4. The lowest BCUT2D eigenvalue weighted by Crippen LogP contribution is -2.45. The molecule has 0 N–H and O–H groups in total. The highest BCUT2D eigenvalue weighted by Gasteiger charge is 2.12. The highest BCUT2D eigenvalue weighted by molar-refractivity contribution is 5.32. The molecule has 0 saturated carbocycles. The monoisotopic (exact) mass is 294 g/mol. The zero-order chi connectivity index (χ0) is 14.9. The van der Waals surface area contributed by atoms with Gasteiger partial charge in [-0.25, -0.2) is 0 Å². The van der Waals surface area contributed by atoms with Gasteiger partial charge < -0.3 is 19.1 Å². The maximum Gasteiger partial charge on any atom is 0.123 e. The molecule has 0 bridgehead atoms. The van der Waals surface area contributed by atoms with Gasteiger partial charge in [0.25, 0.3) is 0 Å². The van der Waals surface area contributed by atoms with E-state index in [0.29, 0.717) is 13.2 Å². The third-order valence-electron chi connectivity index (χ3n) is 3.69. The Morgan fingerprint density at radius 2 is 1.76 bits per heavy atom. The second kappa shape index (κ2) is 8.87. The summed E-state index contributed by atoms with van der Waals surface area (Å²) in [4.78, 5) is 4.81. The zero-order valence-corrected chi connectivity index (χ0v) is 13.1. The molecule has 0 spiro atoms. The van der Waals surface area contributed by atoms with Crippen LogP contribution >= 0.6 is 0 Å². The molecule has 118 valence electrons. The van der Waals surface area contributed by atoms with Crippen molar-refractivity contribution in [3.05, 3.63) is 24.3 Å². The first-order chi connectivity index (χ1) is 10.3. The first-order valence-electron chi connectivity index (χ1n) is 7.53. The van der Waals surface area contributed by atoms with Crippen LogP contribution in [0.4, 0.5) is 0 Å². The van der Waals surface area contributed by atoms with Crippen LogP contribution in [0.3, 0.4) is 0 Å².